The third kappa shape index (κ3) is 5.21. The molecule has 0 radical (unpaired) electrons. The molecule has 0 heterocycles. The number of amides is 1. The molecule has 0 aromatic heterocycles. The number of nitrogens with one attached hydrogen (secondary N) is 1. The van der Waals surface area contributed by atoms with Crippen molar-refractivity contribution in [3.63, 3.8) is 0 Å². The van der Waals surface area contributed by atoms with Gasteiger partial charge in [0.1, 0.15) is 0 Å². The Balaban J connectivity index is 0.00000324. The molecule has 3 N–H and O–H groups in total. The lowest BCUT2D eigenvalue weighted by Crippen LogP contribution is -2.34. The maximum atomic E-state index is 11.7. The van der Waals surface area contributed by atoms with Crippen molar-refractivity contribution < 1.29 is 4.79 Å². The molecule has 0 saturated carbocycles. The van der Waals surface area contributed by atoms with Crippen LogP contribution >= 0.6 is 12.4 Å². The van der Waals surface area contributed by atoms with Crippen LogP contribution in [0.5, 0.6) is 0 Å². The molecule has 0 aliphatic heterocycles. The Labute approximate surface area is 122 Å². The van der Waals surface area contributed by atoms with Gasteiger partial charge in [-0.15, -0.1) is 12.4 Å². The summed E-state index contributed by atoms with van der Waals surface area (Å²) in [6.07, 6.45) is 0. The van der Waals surface area contributed by atoms with Gasteiger partial charge in [-0.25, -0.2) is 0 Å². The minimum Gasteiger partial charge on any atom is -0.349 e. The Kier molecular flexibility index (Phi) is 7.72. The Morgan fingerprint density at radius 2 is 1.58 bits per heavy atom. The quantitative estimate of drug-likeness (QED) is 0.873. The number of halogens is 1. The van der Waals surface area contributed by atoms with E-state index in [4.69, 9.17) is 5.73 Å². The zero-order valence-corrected chi connectivity index (χ0v) is 13.0. The summed E-state index contributed by atoms with van der Waals surface area (Å²) in [5.41, 5.74) is 7.91. The van der Waals surface area contributed by atoms with E-state index in [2.05, 4.69) is 43.4 Å². The van der Waals surface area contributed by atoms with Gasteiger partial charge in [0.2, 0.25) is 5.91 Å². The number of nitrogens with two attached hydrogens (primary N) is 1. The van der Waals surface area contributed by atoms with E-state index in [0.29, 0.717) is 12.5 Å². The summed E-state index contributed by atoms with van der Waals surface area (Å²) in [5.74, 6) is 0.404. The lowest BCUT2D eigenvalue weighted by atomic mass is 9.99. The van der Waals surface area contributed by atoms with Gasteiger partial charge in [-0.2, -0.15) is 0 Å². The summed E-state index contributed by atoms with van der Waals surface area (Å²) < 4.78 is 0. The summed E-state index contributed by atoms with van der Waals surface area (Å²) in [6, 6.07) is 8.41. The molecule has 2 unspecified atom stereocenters. The van der Waals surface area contributed by atoms with Crippen molar-refractivity contribution in [1.82, 2.24) is 5.32 Å². The summed E-state index contributed by atoms with van der Waals surface area (Å²) in [4.78, 5) is 11.7. The van der Waals surface area contributed by atoms with Crippen LogP contribution in [0, 0.1) is 5.92 Å². The minimum atomic E-state index is -0.137. The van der Waals surface area contributed by atoms with Crippen molar-refractivity contribution in [3.05, 3.63) is 35.4 Å². The monoisotopic (exact) mass is 284 g/mol. The maximum Gasteiger partial charge on any atom is 0.224 e. The maximum absolute atomic E-state index is 11.7. The molecule has 0 bridgehead atoms. The van der Waals surface area contributed by atoms with Crippen LogP contribution in [0.15, 0.2) is 24.3 Å². The number of benzene rings is 1. The van der Waals surface area contributed by atoms with Crippen LogP contribution in [0.4, 0.5) is 0 Å². The summed E-state index contributed by atoms with van der Waals surface area (Å²) in [6.45, 7) is 8.55. The predicted molar refractivity (Wildman–Crippen MR) is 82.6 cm³/mol. The predicted octanol–water partition coefficient (Wildman–Crippen LogP) is 3.00. The van der Waals surface area contributed by atoms with E-state index < -0.39 is 0 Å². The second kappa shape index (κ2) is 8.18. The molecule has 1 aromatic rings. The van der Waals surface area contributed by atoms with Crippen molar-refractivity contribution in [3.8, 4) is 0 Å². The average molecular weight is 285 g/mol. The molecule has 1 aromatic carbocycles. The summed E-state index contributed by atoms with van der Waals surface area (Å²) >= 11 is 0. The van der Waals surface area contributed by atoms with Gasteiger partial charge in [0.05, 0.1) is 6.04 Å². The molecular weight excluding hydrogens is 260 g/mol. The Hall–Kier alpha value is -1.06. The minimum absolute atomic E-state index is 0. The largest absolute Gasteiger partial charge is 0.349 e. The third-order valence-corrected chi connectivity index (χ3v) is 3.26. The van der Waals surface area contributed by atoms with Gasteiger partial charge in [-0.1, -0.05) is 45.0 Å². The normalized spacial score (nSPS) is 13.6. The van der Waals surface area contributed by atoms with Gasteiger partial charge >= 0.3 is 0 Å². The van der Waals surface area contributed by atoms with Gasteiger partial charge in [0.15, 0.2) is 0 Å². The highest BCUT2D eigenvalue weighted by molar-refractivity contribution is 5.85. The van der Waals surface area contributed by atoms with E-state index in [1.165, 1.54) is 5.56 Å². The van der Waals surface area contributed by atoms with Gasteiger partial charge in [-0.3, -0.25) is 4.79 Å². The molecule has 0 spiro atoms. The van der Waals surface area contributed by atoms with Gasteiger partial charge in [-0.05, 0) is 24.0 Å². The van der Waals surface area contributed by atoms with Crippen molar-refractivity contribution in [2.45, 2.75) is 39.7 Å². The first kappa shape index (κ1) is 17.9. The van der Waals surface area contributed by atoms with E-state index in [1.807, 2.05) is 13.8 Å². The van der Waals surface area contributed by atoms with Crippen LogP contribution in [-0.4, -0.2) is 12.5 Å². The molecular formula is C15H25ClN2O. The molecule has 2 atom stereocenters. The fourth-order valence-electron chi connectivity index (χ4n) is 1.72. The fraction of sp³-hybridized carbons (Fsp3) is 0.533. The zero-order chi connectivity index (χ0) is 13.7. The summed E-state index contributed by atoms with van der Waals surface area (Å²) in [7, 11) is 0. The molecule has 1 amide bonds. The first-order valence-electron chi connectivity index (χ1n) is 6.56. The molecule has 0 saturated heterocycles. The molecule has 108 valence electrons. The first-order valence-corrected chi connectivity index (χ1v) is 6.56. The van der Waals surface area contributed by atoms with E-state index in [1.54, 1.807) is 0 Å². The molecule has 4 heteroatoms. The fourth-order valence-corrected chi connectivity index (χ4v) is 1.72. The van der Waals surface area contributed by atoms with E-state index >= 15 is 0 Å². The van der Waals surface area contributed by atoms with Crippen LogP contribution in [0.25, 0.3) is 0 Å². The van der Waals surface area contributed by atoms with E-state index in [0.717, 1.165) is 5.56 Å². The van der Waals surface area contributed by atoms with E-state index in [9.17, 15) is 4.79 Å². The smallest absolute Gasteiger partial charge is 0.224 e. The molecule has 19 heavy (non-hydrogen) atoms. The molecule has 0 aliphatic rings. The van der Waals surface area contributed by atoms with Crippen LogP contribution < -0.4 is 11.1 Å². The lowest BCUT2D eigenvalue weighted by molar-refractivity contribution is -0.124. The number of carbonyl (C=O) groups excluding carboxylic acids is 1. The highest BCUT2D eigenvalue weighted by Gasteiger charge is 2.14. The molecule has 0 fully saturated rings. The van der Waals surface area contributed by atoms with Crippen LogP contribution in [0.2, 0.25) is 0 Å². The highest BCUT2D eigenvalue weighted by atomic mass is 35.5. The van der Waals surface area contributed by atoms with Gasteiger partial charge in [0.25, 0.3) is 0 Å². The Morgan fingerprint density at radius 3 is 2.00 bits per heavy atom. The molecule has 1 rings (SSSR count). The third-order valence-electron chi connectivity index (χ3n) is 3.26. The molecule has 0 aliphatic carbocycles. The van der Waals surface area contributed by atoms with Crippen LogP contribution in [0.3, 0.4) is 0 Å². The van der Waals surface area contributed by atoms with Gasteiger partial charge in [0, 0.05) is 12.5 Å². The van der Waals surface area contributed by atoms with Gasteiger partial charge < -0.3 is 11.1 Å². The Morgan fingerprint density at radius 1 is 1.11 bits per heavy atom. The van der Waals surface area contributed by atoms with Crippen molar-refractivity contribution in [2.75, 3.05) is 6.54 Å². The average Bonchev–Trinajstić information content (AvgIpc) is 2.37. The SMILES string of the molecule is CC(CN)C(=O)NC(C)c1ccc(C(C)C)cc1.Cl. The highest BCUT2D eigenvalue weighted by Crippen LogP contribution is 2.18. The van der Waals surface area contributed by atoms with Crippen LogP contribution in [-0.2, 0) is 4.79 Å². The van der Waals surface area contributed by atoms with Crippen molar-refractivity contribution in [1.29, 1.82) is 0 Å². The molecule has 3 nitrogen and oxygen atoms in total. The van der Waals surface area contributed by atoms with Crippen molar-refractivity contribution in [2.24, 2.45) is 11.7 Å². The lowest BCUT2D eigenvalue weighted by Gasteiger charge is -2.17. The van der Waals surface area contributed by atoms with E-state index in [-0.39, 0.29) is 30.3 Å². The number of hydrogen-bond acceptors (Lipinski definition) is 2. The van der Waals surface area contributed by atoms with Crippen LogP contribution in [0.1, 0.15) is 50.8 Å². The number of carbonyl (C=O) groups is 1. The standard InChI is InChI=1S/C15H24N2O.ClH/c1-10(2)13-5-7-14(8-6-13)12(4)17-15(18)11(3)9-16;/h5-8,10-12H,9,16H2,1-4H3,(H,17,18);1H. The number of rotatable bonds is 5. The Bertz CT molecular complexity index is 390. The second-order valence-corrected chi connectivity index (χ2v) is 5.19. The second-order valence-electron chi connectivity index (χ2n) is 5.19. The topological polar surface area (TPSA) is 55.1 Å². The van der Waals surface area contributed by atoms with Crippen molar-refractivity contribution >= 4 is 18.3 Å². The summed E-state index contributed by atoms with van der Waals surface area (Å²) in [5, 5.41) is 2.98. The number of hydrogen-bond donors (Lipinski definition) is 2. The first-order chi connectivity index (χ1) is 8.45. The zero-order valence-electron chi connectivity index (χ0n) is 12.1.